The van der Waals surface area contributed by atoms with Crippen LogP contribution in [-0.4, -0.2) is 37.1 Å². The van der Waals surface area contributed by atoms with Crippen LogP contribution in [0, 0.1) is 0 Å². The van der Waals surface area contributed by atoms with Gasteiger partial charge in [0.15, 0.2) is 0 Å². The highest BCUT2D eigenvalue weighted by atomic mass is 35.5. The fourth-order valence-electron chi connectivity index (χ4n) is 1.54. The summed E-state index contributed by atoms with van der Waals surface area (Å²) in [6.07, 6.45) is 1.52. The highest BCUT2D eigenvalue weighted by molar-refractivity contribution is 6.18. The molecule has 0 radical (unpaired) electrons. The summed E-state index contributed by atoms with van der Waals surface area (Å²) in [5.74, 6) is 5.98. The van der Waals surface area contributed by atoms with E-state index in [1.807, 2.05) is 29.7 Å². The molecule has 0 fully saturated rings. The lowest BCUT2D eigenvalue weighted by molar-refractivity contribution is 0.241. The van der Waals surface area contributed by atoms with Crippen molar-refractivity contribution in [2.75, 3.05) is 29.7 Å². The predicted molar refractivity (Wildman–Crippen MR) is 83.5 cm³/mol. The normalized spacial score (nSPS) is 10.6. The van der Waals surface area contributed by atoms with Gasteiger partial charge in [-0.1, -0.05) is 12.1 Å². The molecule has 0 unspecified atom stereocenters. The summed E-state index contributed by atoms with van der Waals surface area (Å²) < 4.78 is 0. The zero-order chi connectivity index (χ0) is 14.8. The summed E-state index contributed by atoms with van der Waals surface area (Å²) in [5, 5.41) is 3.74. The number of hydrogen-bond donors (Lipinski definition) is 3. The van der Waals surface area contributed by atoms with Crippen molar-refractivity contribution in [3.05, 3.63) is 29.8 Å². The largest absolute Gasteiger partial charge is 0.369 e. The summed E-state index contributed by atoms with van der Waals surface area (Å²) in [6.45, 7) is 1.47. The molecule has 0 saturated carbocycles. The van der Waals surface area contributed by atoms with E-state index in [0.29, 0.717) is 11.8 Å². The van der Waals surface area contributed by atoms with E-state index >= 15 is 0 Å². The molecular weight excluding hydrogens is 301 g/mol. The Balaban J connectivity index is 2.64. The fourth-order valence-corrected chi connectivity index (χ4v) is 1.95. The lowest BCUT2D eigenvalue weighted by Gasteiger charge is -2.22. The third-order valence-corrected chi connectivity index (χ3v) is 2.82. The summed E-state index contributed by atoms with van der Waals surface area (Å²) in [7, 11) is 0. The van der Waals surface area contributed by atoms with Crippen LogP contribution in [0.3, 0.4) is 0 Å². The highest BCUT2D eigenvalue weighted by Crippen LogP contribution is 2.14. The van der Waals surface area contributed by atoms with Crippen LogP contribution in [0.4, 0.5) is 10.5 Å². The van der Waals surface area contributed by atoms with Gasteiger partial charge in [-0.05, 0) is 17.7 Å². The van der Waals surface area contributed by atoms with Gasteiger partial charge in [0.25, 0.3) is 0 Å². The summed E-state index contributed by atoms with van der Waals surface area (Å²) in [4.78, 5) is 12.9. The van der Waals surface area contributed by atoms with E-state index in [1.54, 1.807) is 0 Å². The number of carbonyl (C=O) groups is 1. The van der Waals surface area contributed by atoms with E-state index in [-0.39, 0.29) is 0 Å². The second-order valence-electron chi connectivity index (χ2n) is 3.80. The molecule has 0 aliphatic carbocycles. The molecule has 4 N–H and O–H groups in total. The predicted octanol–water partition coefficient (Wildman–Crippen LogP) is 1.48. The standard InChI is InChI=1S/C12H17Cl2N5O/c13-5-7-19(8-6-14)11-3-1-10(2-4-11)9-16-18-12(20)17-15/h1-4,9H,5-8,15H2,(H2,17,18,20)/b16-9-. The average Bonchev–Trinajstić information content (AvgIpc) is 2.47. The number of rotatable bonds is 7. The van der Waals surface area contributed by atoms with Gasteiger partial charge in [0.2, 0.25) is 0 Å². The number of anilines is 1. The van der Waals surface area contributed by atoms with Crippen LogP contribution in [0.25, 0.3) is 0 Å². The molecule has 0 saturated heterocycles. The second-order valence-corrected chi connectivity index (χ2v) is 4.56. The minimum absolute atomic E-state index is 0.540. The van der Waals surface area contributed by atoms with Crippen LogP contribution in [0.5, 0.6) is 0 Å². The molecule has 110 valence electrons. The molecule has 0 aliphatic heterocycles. The molecule has 1 rings (SSSR count). The second kappa shape index (κ2) is 9.41. The molecule has 0 aliphatic rings. The number of hydrogen-bond acceptors (Lipinski definition) is 4. The van der Waals surface area contributed by atoms with Crippen molar-refractivity contribution in [2.45, 2.75) is 0 Å². The molecule has 0 spiro atoms. The summed E-state index contributed by atoms with van der Waals surface area (Å²) >= 11 is 11.5. The lowest BCUT2D eigenvalue weighted by atomic mass is 10.2. The quantitative estimate of drug-likeness (QED) is 0.234. The van der Waals surface area contributed by atoms with Gasteiger partial charge in [0.05, 0.1) is 6.21 Å². The molecule has 1 aromatic rings. The Bertz CT molecular complexity index is 432. The van der Waals surface area contributed by atoms with E-state index in [0.717, 1.165) is 24.3 Å². The topological polar surface area (TPSA) is 82.7 Å². The van der Waals surface area contributed by atoms with Crippen LogP contribution >= 0.6 is 23.2 Å². The Morgan fingerprint density at radius 1 is 1.25 bits per heavy atom. The first-order chi connectivity index (χ1) is 9.71. The van der Waals surface area contributed by atoms with Crippen molar-refractivity contribution >= 4 is 41.1 Å². The highest BCUT2D eigenvalue weighted by Gasteiger charge is 2.04. The van der Waals surface area contributed by atoms with Crippen molar-refractivity contribution < 1.29 is 4.79 Å². The number of nitrogens with one attached hydrogen (secondary N) is 2. The van der Waals surface area contributed by atoms with E-state index in [9.17, 15) is 4.79 Å². The Morgan fingerprint density at radius 2 is 1.85 bits per heavy atom. The third-order valence-electron chi connectivity index (χ3n) is 2.48. The van der Waals surface area contributed by atoms with E-state index in [4.69, 9.17) is 29.0 Å². The monoisotopic (exact) mass is 317 g/mol. The van der Waals surface area contributed by atoms with E-state index in [2.05, 4.69) is 15.4 Å². The Kier molecular flexibility index (Phi) is 7.79. The van der Waals surface area contributed by atoms with Gasteiger partial charge in [-0.25, -0.2) is 16.1 Å². The number of urea groups is 1. The SMILES string of the molecule is NNC(=O)N/N=C\c1ccc(N(CCCl)CCCl)cc1. The number of halogens is 2. The first kappa shape index (κ1) is 16.6. The van der Waals surface area contributed by atoms with E-state index < -0.39 is 6.03 Å². The third kappa shape index (κ3) is 5.64. The maximum Gasteiger partial charge on any atom is 0.349 e. The fraction of sp³-hybridized carbons (Fsp3) is 0.333. The van der Waals surface area contributed by atoms with Crippen molar-refractivity contribution in [2.24, 2.45) is 10.9 Å². The number of hydrazone groups is 1. The Hall–Kier alpha value is -1.50. The molecule has 1 aromatic carbocycles. The van der Waals surface area contributed by atoms with Crippen molar-refractivity contribution in [1.29, 1.82) is 0 Å². The van der Waals surface area contributed by atoms with Gasteiger partial charge in [-0.15, -0.1) is 23.2 Å². The lowest BCUT2D eigenvalue weighted by Crippen LogP contribution is -2.37. The molecule has 6 nitrogen and oxygen atoms in total. The van der Waals surface area contributed by atoms with Crippen molar-refractivity contribution in [3.8, 4) is 0 Å². The molecule has 8 heteroatoms. The summed E-state index contributed by atoms with van der Waals surface area (Å²) in [6, 6.07) is 7.09. The number of amides is 2. The van der Waals surface area contributed by atoms with Gasteiger partial charge < -0.3 is 4.90 Å². The van der Waals surface area contributed by atoms with Crippen LogP contribution in [0.1, 0.15) is 5.56 Å². The summed E-state index contributed by atoms with van der Waals surface area (Å²) in [5.41, 5.74) is 6.00. The van der Waals surface area contributed by atoms with Crippen molar-refractivity contribution in [3.63, 3.8) is 0 Å². The number of nitrogens with zero attached hydrogens (tertiary/aromatic N) is 2. The molecule has 2 amide bonds. The molecule has 0 heterocycles. The number of nitrogens with two attached hydrogens (primary N) is 1. The zero-order valence-electron chi connectivity index (χ0n) is 10.9. The molecule has 0 aromatic heterocycles. The van der Waals surface area contributed by atoms with Gasteiger partial charge >= 0.3 is 6.03 Å². The number of alkyl halides is 2. The van der Waals surface area contributed by atoms with Gasteiger partial charge in [0, 0.05) is 30.5 Å². The van der Waals surface area contributed by atoms with Crippen LogP contribution in [0.15, 0.2) is 29.4 Å². The maximum atomic E-state index is 10.8. The average molecular weight is 318 g/mol. The number of carbonyl (C=O) groups excluding carboxylic acids is 1. The smallest absolute Gasteiger partial charge is 0.349 e. The first-order valence-corrected chi connectivity index (χ1v) is 7.04. The maximum absolute atomic E-state index is 10.8. The van der Waals surface area contributed by atoms with Crippen LogP contribution < -0.4 is 21.6 Å². The molecular formula is C12H17Cl2N5O. The van der Waals surface area contributed by atoms with Gasteiger partial charge in [0.1, 0.15) is 0 Å². The number of hydrazine groups is 1. The minimum atomic E-state index is -0.576. The zero-order valence-corrected chi connectivity index (χ0v) is 12.4. The van der Waals surface area contributed by atoms with Gasteiger partial charge in [-0.3, -0.25) is 5.43 Å². The number of benzene rings is 1. The first-order valence-electron chi connectivity index (χ1n) is 5.98. The van der Waals surface area contributed by atoms with Crippen LogP contribution in [-0.2, 0) is 0 Å². The van der Waals surface area contributed by atoms with E-state index in [1.165, 1.54) is 6.21 Å². The Labute approximate surface area is 127 Å². The molecule has 0 bridgehead atoms. The van der Waals surface area contributed by atoms with Gasteiger partial charge in [-0.2, -0.15) is 5.10 Å². The van der Waals surface area contributed by atoms with Crippen LogP contribution in [0.2, 0.25) is 0 Å². The minimum Gasteiger partial charge on any atom is -0.369 e. The molecule has 0 atom stereocenters. The van der Waals surface area contributed by atoms with Crippen molar-refractivity contribution in [1.82, 2.24) is 10.9 Å². The molecule has 20 heavy (non-hydrogen) atoms. The Morgan fingerprint density at radius 3 is 2.35 bits per heavy atom.